The van der Waals surface area contributed by atoms with Crippen LogP contribution in [0.2, 0.25) is 5.02 Å². The van der Waals surface area contributed by atoms with Gasteiger partial charge < -0.3 is 40.6 Å². The standard InChI is InChI=1S/C50H56ClFN6O10/c1-65-41-18-15-34(47(53)61)44(46(41)52)36-28-31(10-16-38(36)51)37(30-6-3-2-4-7-30)29-55-32-11-13-33(14-12-32)56-43(60)20-22-66-24-26-68-27-25-67-23-21-54-39-9-5-8-35-45(39)50(64)58(49(35)63)40-17-19-42(59)57-48(40)62/h2-10,15-16,18,28,32-33,37,40,54-55H,11-14,17,19-27,29H2,1H3,(H2,53,61)(H,56,60)(H,57,59,62). The summed E-state index contributed by atoms with van der Waals surface area (Å²) >= 11 is 6.65. The van der Waals surface area contributed by atoms with Crippen molar-refractivity contribution < 1.29 is 52.1 Å². The molecule has 1 saturated carbocycles. The minimum absolute atomic E-state index is 0.00199. The summed E-state index contributed by atoms with van der Waals surface area (Å²) in [4.78, 5) is 76.3. The number of ether oxygens (including phenoxy) is 4. The maximum Gasteiger partial charge on any atom is 0.264 e. The number of methoxy groups -OCH3 is 1. The van der Waals surface area contributed by atoms with E-state index in [0.717, 1.165) is 41.7 Å². The molecule has 6 N–H and O–H groups in total. The van der Waals surface area contributed by atoms with Crippen LogP contribution in [0.25, 0.3) is 11.1 Å². The van der Waals surface area contributed by atoms with Crippen molar-refractivity contribution in [1.82, 2.24) is 20.9 Å². The Morgan fingerprint density at radius 3 is 2.21 bits per heavy atom. The second-order valence-electron chi connectivity index (χ2n) is 16.8. The van der Waals surface area contributed by atoms with Crippen molar-refractivity contribution >= 4 is 52.7 Å². The average molecular weight is 955 g/mol. The van der Waals surface area contributed by atoms with Crippen LogP contribution < -0.4 is 31.7 Å². The fourth-order valence-corrected chi connectivity index (χ4v) is 9.11. The van der Waals surface area contributed by atoms with Gasteiger partial charge in [-0.05, 0) is 79.6 Å². The van der Waals surface area contributed by atoms with Crippen LogP contribution in [-0.4, -0.2) is 118 Å². The number of hydrogen-bond donors (Lipinski definition) is 5. The lowest BCUT2D eigenvalue weighted by Crippen LogP contribution is -2.54. The highest BCUT2D eigenvalue weighted by Gasteiger charge is 2.45. The SMILES string of the molecule is COc1ccc(C(N)=O)c(-c2cc(C(CNC3CCC(NC(=O)CCOCCOCCOCCNc4cccc5c4C(=O)N(C4CCC(=O)NC4=O)C5=O)CC3)c3ccccc3)ccc2Cl)c1F. The van der Waals surface area contributed by atoms with Crippen LogP contribution in [0.15, 0.2) is 78.9 Å². The normalized spacial score (nSPS) is 18.5. The number of halogens is 2. The molecule has 7 rings (SSSR count). The first-order chi connectivity index (χ1) is 32.9. The van der Waals surface area contributed by atoms with E-state index >= 15 is 4.39 Å². The molecule has 0 aromatic heterocycles. The van der Waals surface area contributed by atoms with Crippen molar-refractivity contribution in [3.8, 4) is 16.9 Å². The number of nitrogens with one attached hydrogen (secondary N) is 4. The quantitative estimate of drug-likeness (QED) is 0.0470. The molecule has 16 nitrogen and oxygen atoms in total. The molecule has 6 amide bonds. The van der Waals surface area contributed by atoms with Crippen LogP contribution in [0.3, 0.4) is 0 Å². The number of carbonyl (C=O) groups excluding carboxylic acids is 6. The Morgan fingerprint density at radius 1 is 0.794 bits per heavy atom. The highest BCUT2D eigenvalue weighted by molar-refractivity contribution is 6.33. The zero-order valence-electron chi connectivity index (χ0n) is 37.8. The highest BCUT2D eigenvalue weighted by Crippen LogP contribution is 2.39. The van der Waals surface area contributed by atoms with Crippen molar-refractivity contribution in [2.24, 2.45) is 5.73 Å². The molecule has 1 saturated heterocycles. The predicted molar refractivity (Wildman–Crippen MR) is 251 cm³/mol. The van der Waals surface area contributed by atoms with Gasteiger partial charge in [-0.15, -0.1) is 0 Å². The molecular weight excluding hydrogens is 899 g/mol. The summed E-state index contributed by atoms with van der Waals surface area (Å²) in [6, 6.07) is 22.3. The molecule has 1 aliphatic carbocycles. The Balaban J connectivity index is 0.765. The van der Waals surface area contributed by atoms with Gasteiger partial charge in [0.15, 0.2) is 11.6 Å². The maximum atomic E-state index is 15.7. The fraction of sp³-hybridized carbons (Fsp3) is 0.400. The highest BCUT2D eigenvalue weighted by atomic mass is 35.5. The monoisotopic (exact) mass is 954 g/mol. The van der Waals surface area contributed by atoms with Crippen LogP contribution >= 0.6 is 11.6 Å². The maximum absolute atomic E-state index is 15.7. The second kappa shape index (κ2) is 23.7. The van der Waals surface area contributed by atoms with Crippen LogP contribution in [0.4, 0.5) is 10.1 Å². The number of benzene rings is 4. The van der Waals surface area contributed by atoms with Crippen molar-refractivity contribution in [1.29, 1.82) is 0 Å². The molecule has 2 atom stereocenters. The van der Waals surface area contributed by atoms with Gasteiger partial charge in [0, 0.05) is 65.8 Å². The van der Waals surface area contributed by atoms with E-state index in [1.807, 2.05) is 42.5 Å². The Hall–Kier alpha value is -6.24. The van der Waals surface area contributed by atoms with Gasteiger partial charge in [-0.25, -0.2) is 4.39 Å². The van der Waals surface area contributed by atoms with Crippen molar-refractivity contribution in [3.63, 3.8) is 0 Å². The number of amides is 6. The number of fused-ring (bicyclic) bond motifs is 1. The van der Waals surface area contributed by atoms with Crippen molar-refractivity contribution in [2.75, 3.05) is 65.2 Å². The van der Waals surface area contributed by atoms with Gasteiger partial charge in [0.05, 0.1) is 63.4 Å². The third-order valence-electron chi connectivity index (χ3n) is 12.4. The molecule has 4 aromatic carbocycles. The second-order valence-corrected chi connectivity index (χ2v) is 17.2. The number of primary amides is 1. The molecular formula is C50H56ClFN6O10. The Bertz CT molecular complexity index is 2490. The van der Waals surface area contributed by atoms with Gasteiger partial charge in [-0.2, -0.15) is 0 Å². The van der Waals surface area contributed by atoms with Gasteiger partial charge in [0.25, 0.3) is 11.8 Å². The van der Waals surface area contributed by atoms with E-state index in [9.17, 15) is 28.8 Å². The summed E-state index contributed by atoms with van der Waals surface area (Å²) in [6.45, 7) is 2.80. The van der Waals surface area contributed by atoms with Crippen LogP contribution in [0.5, 0.6) is 5.75 Å². The first-order valence-corrected chi connectivity index (χ1v) is 23.2. The van der Waals surface area contributed by atoms with Gasteiger partial charge >= 0.3 is 0 Å². The summed E-state index contributed by atoms with van der Waals surface area (Å²) in [7, 11) is 1.35. The molecule has 0 spiro atoms. The Morgan fingerprint density at radius 2 is 1.50 bits per heavy atom. The summed E-state index contributed by atoms with van der Waals surface area (Å²) in [5.41, 5.74) is 8.77. The molecule has 18 heteroatoms. The van der Waals surface area contributed by atoms with Crippen LogP contribution in [0.1, 0.15) is 93.1 Å². The number of nitrogens with two attached hydrogens (primary N) is 1. The molecule has 0 radical (unpaired) electrons. The lowest BCUT2D eigenvalue weighted by atomic mass is 9.87. The summed E-state index contributed by atoms with van der Waals surface area (Å²) in [6.07, 6.45) is 3.75. The molecule has 4 aromatic rings. The van der Waals surface area contributed by atoms with E-state index in [-0.39, 0.29) is 82.8 Å². The van der Waals surface area contributed by atoms with Gasteiger partial charge in [0.1, 0.15) is 6.04 Å². The summed E-state index contributed by atoms with van der Waals surface area (Å²) in [5.74, 6) is -3.96. The number of carbonyl (C=O) groups is 6. The van der Waals surface area contributed by atoms with Crippen molar-refractivity contribution in [3.05, 3.63) is 118 Å². The smallest absolute Gasteiger partial charge is 0.264 e. The molecule has 2 unspecified atom stereocenters. The van der Waals surface area contributed by atoms with Crippen LogP contribution in [-0.2, 0) is 28.6 Å². The third-order valence-corrected chi connectivity index (χ3v) is 12.7. The number of hydrogen-bond acceptors (Lipinski definition) is 12. The average Bonchev–Trinajstić information content (AvgIpc) is 3.59. The predicted octanol–water partition coefficient (Wildman–Crippen LogP) is 5.36. The van der Waals surface area contributed by atoms with Crippen LogP contribution in [0, 0.1) is 5.82 Å². The molecule has 2 heterocycles. The zero-order valence-corrected chi connectivity index (χ0v) is 38.5. The number of nitrogens with zero attached hydrogens (tertiary/aromatic N) is 1. The lowest BCUT2D eigenvalue weighted by Gasteiger charge is -2.31. The van der Waals surface area contributed by atoms with E-state index in [1.165, 1.54) is 19.2 Å². The largest absolute Gasteiger partial charge is 0.494 e. The fourth-order valence-electron chi connectivity index (χ4n) is 8.90. The summed E-state index contributed by atoms with van der Waals surface area (Å²) in [5, 5.41) is 12.5. The first-order valence-electron chi connectivity index (χ1n) is 22.8. The molecule has 3 aliphatic rings. The van der Waals surface area contributed by atoms with E-state index in [4.69, 9.17) is 36.3 Å². The number of imide groups is 2. The molecule has 2 aliphatic heterocycles. The minimum atomic E-state index is -1.04. The van der Waals surface area contributed by atoms with Gasteiger partial charge in [-0.3, -0.25) is 39.0 Å². The molecule has 68 heavy (non-hydrogen) atoms. The Labute approximate surface area is 398 Å². The summed E-state index contributed by atoms with van der Waals surface area (Å²) < 4.78 is 37.8. The van der Waals surface area contributed by atoms with Gasteiger partial charge in [0.2, 0.25) is 23.6 Å². The van der Waals surface area contributed by atoms with E-state index in [2.05, 4.69) is 21.3 Å². The number of anilines is 1. The first kappa shape index (κ1) is 49.7. The number of rotatable bonds is 23. The molecule has 360 valence electrons. The Kier molecular flexibility index (Phi) is 17.3. The third kappa shape index (κ3) is 12.1. The van der Waals surface area contributed by atoms with E-state index in [1.54, 1.807) is 24.3 Å². The van der Waals surface area contributed by atoms with Gasteiger partial charge in [-0.1, -0.05) is 54.1 Å². The lowest BCUT2D eigenvalue weighted by molar-refractivity contribution is -0.136. The zero-order chi connectivity index (χ0) is 48.2. The molecule has 0 bridgehead atoms. The minimum Gasteiger partial charge on any atom is -0.494 e. The van der Waals surface area contributed by atoms with E-state index < -0.39 is 41.4 Å². The molecule has 2 fully saturated rings. The van der Waals surface area contributed by atoms with Crippen molar-refractivity contribution in [2.45, 2.75) is 69.0 Å². The topological polar surface area (TPSA) is 217 Å². The number of piperidine rings is 1. The van der Waals surface area contributed by atoms with E-state index in [0.29, 0.717) is 57.4 Å².